The fourth-order valence-electron chi connectivity index (χ4n) is 3.75. The first-order valence-electron chi connectivity index (χ1n) is 9.39. The Bertz CT molecular complexity index is 1330. The van der Waals surface area contributed by atoms with E-state index in [1.807, 2.05) is 12.1 Å². The molecule has 0 fully saturated rings. The van der Waals surface area contributed by atoms with Crippen LogP contribution in [0.5, 0.6) is 0 Å². The van der Waals surface area contributed by atoms with E-state index in [1.165, 1.54) is 29.5 Å². The summed E-state index contributed by atoms with van der Waals surface area (Å²) in [4.78, 5) is 3.46. The molecule has 0 saturated heterocycles. The Labute approximate surface area is 176 Å². The maximum Gasteiger partial charge on any atom is 0.266 e. The maximum atomic E-state index is 14.8. The van der Waals surface area contributed by atoms with Gasteiger partial charge in [0.25, 0.3) is 10.0 Å². The monoisotopic (exact) mass is 443 g/mol. The van der Waals surface area contributed by atoms with Crippen LogP contribution in [0.4, 0.5) is 9.52 Å². The molecule has 2 N–H and O–H groups in total. The number of fused-ring (bicyclic) bond motifs is 2. The van der Waals surface area contributed by atoms with Gasteiger partial charge in [-0.25, -0.2) is 17.8 Å². The highest BCUT2D eigenvalue weighted by atomic mass is 32.2. The summed E-state index contributed by atoms with van der Waals surface area (Å²) >= 11 is 1.13. The van der Waals surface area contributed by atoms with E-state index in [1.54, 1.807) is 16.3 Å². The van der Waals surface area contributed by atoms with Gasteiger partial charge in [0, 0.05) is 29.6 Å². The quantitative estimate of drug-likeness (QED) is 0.495. The van der Waals surface area contributed by atoms with Crippen molar-refractivity contribution in [2.45, 2.75) is 24.4 Å². The summed E-state index contributed by atoms with van der Waals surface area (Å²) in [5.74, 6) is -0.829. The van der Waals surface area contributed by atoms with Crippen LogP contribution in [0.1, 0.15) is 16.7 Å². The smallest absolute Gasteiger partial charge is 0.266 e. The molecule has 2 aromatic carbocycles. The van der Waals surface area contributed by atoms with Crippen molar-refractivity contribution < 1.29 is 12.8 Å². The lowest BCUT2D eigenvalue weighted by atomic mass is 9.96. The number of benzene rings is 2. The van der Waals surface area contributed by atoms with Gasteiger partial charge in [0.15, 0.2) is 5.13 Å². The molecule has 1 aliphatic rings. The Morgan fingerprint density at radius 2 is 2.20 bits per heavy atom. The molecule has 154 valence electrons. The Morgan fingerprint density at radius 3 is 3.03 bits per heavy atom. The van der Waals surface area contributed by atoms with Crippen LogP contribution >= 0.6 is 11.3 Å². The molecule has 0 radical (unpaired) electrons. The number of halogens is 1. The normalized spacial score (nSPS) is 14.0. The summed E-state index contributed by atoms with van der Waals surface area (Å²) in [6.45, 7) is 2.24. The molecular weight excluding hydrogens is 425 g/mol. The van der Waals surface area contributed by atoms with Crippen molar-refractivity contribution in [2.24, 2.45) is 0 Å². The molecule has 7 nitrogen and oxygen atoms in total. The van der Waals surface area contributed by atoms with E-state index in [-0.39, 0.29) is 5.13 Å². The number of sulfonamides is 1. The van der Waals surface area contributed by atoms with Crippen molar-refractivity contribution in [2.75, 3.05) is 11.3 Å². The van der Waals surface area contributed by atoms with Crippen LogP contribution in [0.2, 0.25) is 0 Å². The molecule has 0 saturated carbocycles. The highest BCUT2D eigenvalue weighted by Gasteiger charge is 2.22. The Balaban J connectivity index is 1.50. The second kappa shape index (κ2) is 7.46. The number of hydrogen-bond donors (Lipinski definition) is 2. The summed E-state index contributed by atoms with van der Waals surface area (Å²) in [5.41, 5.74) is 4.23. The van der Waals surface area contributed by atoms with Gasteiger partial charge in [-0.1, -0.05) is 18.2 Å². The van der Waals surface area contributed by atoms with Crippen LogP contribution in [0.3, 0.4) is 0 Å². The number of nitrogens with one attached hydrogen (secondary N) is 2. The summed E-state index contributed by atoms with van der Waals surface area (Å²) in [6.07, 6.45) is 4.01. The van der Waals surface area contributed by atoms with Crippen LogP contribution in [-0.4, -0.2) is 29.7 Å². The molecule has 0 unspecified atom stereocenters. The second-order valence-electron chi connectivity index (χ2n) is 7.07. The molecule has 0 amide bonds. The van der Waals surface area contributed by atoms with Gasteiger partial charge in [-0.2, -0.15) is 5.10 Å². The Morgan fingerprint density at radius 1 is 1.30 bits per heavy atom. The molecule has 3 heterocycles. The molecule has 4 aromatic rings. The zero-order valence-electron chi connectivity index (χ0n) is 15.8. The van der Waals surface area contributed by atoms with Crippen LogP contribution in [0.25, 0.3) is 10.9 Å². The highest BCUT2D eigenvalue weighted by molar-refractivity contribution is 7.93. The van der Waals surface area contributed by atoms with Crippen molar-refractivity contribution >= 4 is 37.4 Å². The first-order chi connectivity index (χ1) is 14.5. The number of thiazole rings is 1. The lowest BCUT2D eigenvalue weighted by Crippen LogP contribution is -2.25. The number of nitrogens with zero attached hydrogens (tertiary/aromatic N) is 3. The van der Waals surface area contributed by atoms with Gasteiger partial charge in [0.05, 0.1) is 18.3 Å². The summed E-state index contributed by atoms with van der Waals surface area (Å²) < 4.78 is 44.0. The average molecular weight is 444 g/mol. The van der Waals surface area contributed by atoms with Gasteiger partial charge < -0.3 is 5.32 Å². The van der Waals surface area contributed by atoms with Crippen molar-refractivity contribution in [3.05, 3.63) is 70.6 Å². The van der Waals surface area contributed by atoms with E-state index in [0.29, 0.717) is 17.4 Å². The first-order valence-corrected chi connectivity index (χ1v) is 11.8. The third-order valence-electron chi connectivity index (χ3n) is 5.20. The SMILES string of the molecule is O=S(=O)(Nc1nccs1)c1cc2cnn(Cc3cccc4c3CNCC4)c2cc1F. The van der Waals surface area contributed by atoms with E-state index in [4.69, 9.17) is 0 Å². The minimum Gasteiger partial charge on any atom is -0.312 e. The summed E-state index contributed by atoms with van der Waals surface area (Å²) in [7, 11) is -4.09. The summed E-state index contributed by atoms with van der Waals surface area (Å²) in [6, 6.07) is 8.75. The molecule has 0 aliphatic carbocycles. The number of aromatic nitrogens is 3. The fourth-order valence-corrected chi connectivity index (χ4v) is 5.63. The molecule has 2 aromatic heterocycles. The average Bonchev–Trinajstić information content (AvgIpc) is 3.37. The van der Waals surface area contributed by atoms with Crippen LogP contribution < -0.4 is 10.0 Å². The predicted molar refractivity (Wildman–Crippen MR) is 114 cm³/mol. The second-order valence-corrected chi connectivity index (χ2v) is 9.61. The van der Waals surface area contributed by atoms with Gasteiger partial charge in [0.1, 0.15) is 10.7 Å². The minimum absolute atomic E-state index is 0.188. The van der Waals surface area contributed by atoms with Crippen molar-refractivity contribution in [1.82, 2.24) is 20.1 Å². The predicted octanol–water partition coefficient (Wildman–Crippen LogP) is 3.13. The standard InChI is InChI=1S/C20H18FN5O2S2/c21-17-9-18-15(8-19(17)30(27,28)25-20-23-6-7-29-20)10-24-26(18)12-14-3-1-2-13-4-5-22-11-16(13)14/h1-3,6-10,22H,4-5,11-12H2,(H,23,25). The lowest BCUT2D eigenvalue weighted by molar-refractivity contribution is 0.570. The minimum atomic E-state index is -4.09. The van der Waals surface area contributed by atoms with Gasteiger partial charge in [-0.15, -0.1) is 11.3 Å². The molecule has 0 atom stereocenters. The van der Waals surface area contributed by atoms with Crippen LogP contribution in [0.15, 0.2) is 53.0 Å². The highest BCUT2D eigenvalue weighted by Crippen LogP contribution is 2.27. The molecule has 30 heavy (non-hydrogen) atoms. The van der Waals surface area contributed by atoms with Crippen LogP contribution in [-0.2, 0) is 29.5 Å². The fraction of sp³-hybridized carbons (Fsp3) is 0.200. The van der Waals surface area contributed by atoms with E-state index >= 15 is 0 Å². The van der Waals surface area contributed by atoms with E-state index in [0.717, 1.165) is 36.4 Å². The topological polar surface area (TPSA) is 88.9 Å². The maximum absolute atomic E-state index is 14.8. The molecule has 5 rings (SSSR count). The van der Waals surface area contributed by atoms with Gasteiger partial charge in [-0.05, 0) is 35.7 Å². The molecule has 10 heteroatoms. The zero-order valence-corrected chi connectivity index (χ0v) is 17.4. The lowest BCUT2D eigenvalue weighted by Gasteiger charge is -2.20. The third-order valence-corrected chi connectivity index (χ3v) is 7.37. The molecule has 1 aliphatic heterocycles. The summed E-state index contributed by atoms with van der Waals surface area (Å²) in [5, 5.41) is 10.1. The van der Waals surface area contributed by atoms with E-state index in [2.05, 4.69) is 26.2 Å². The van der Waals surface area contributed by atoms with E-state index < -0.39 is 20.7 Å². The number of hydrogen-bond acceptors (Lipinski definition) is 6. The van der Waals surface area contributed by atoms with Crippen LogP contribution in [0, 0.1) is 5.82 Å². The number of rotatable bonds is 5. The molecule has 0 bridgehead atoms. The third kappa shape index (κ3) is 3.47. The largest absolute Gasteiger partial charge is 0.312 e. The zero-order chi connectivity index (χ0) is 20.7. The Hall–Kier alpha value is -2.82. The van der Waals surface area contributed by atoms with Crippen molar-refractivity contribution in [3.8, 4) is 0 Å². The van der Waals surface area contributed by atoms with Gasteiger partial charge >= 0.3 is 0 Å². The molecular formula is C20H18FN5O2S2. The molecule has 0 spiro atoms. The van der Waals surface area contributed by atoms with Gasteiger partial charge in [0.2, 0.25) is 0 Å². The Kier molecular flexibility index (Phi) is 4.76. The van der Waals surface area contributed by atoms with Crippen molar-refractivity contribution in [1.29, 1.82) is 0 Å². The first kappa shape index (κ1) is 19.2. The number of anilines is 1. The van der Waals surface area contributed by atoms with Gasteiger partial charge in [-0.3, -0.25) is 9.40 Å². The van der Waals surface area contributed by atoms with Crippen molar-refractivity contribution in [3.63, 3.8) is 0 Å². The van der Waals surface area contributed by atoms with E-state index in [9.17, 15) is 12.8 Å².